The van der Waals surface area contributed by atoms with E-state index in [1.807, 2.05) is 12.1 Å². The molecule has 0 saturated carbocycles. The minimum atomic E-state index is -0.0515. The van der Waals surface area contributed by atoms with Gasteiger partial charge in [0.1, 0.15) is 4.88 Å². The highest BCUT2D eigenvalue weighted by atomic mass is 32.1. The number of rotatable bonds is 5. The van der Waals surface area contributed by atoms with Crippen LogP contribution in [0.25, 0.3) is 0 Å². The number of aromatic nitrogens is 3. The molecule has 1 unspecified atom stereocenters. The Balaban J connectivity index is 1.75. The molecule has 1 aliphatic rings. The number of hydrogen-bond donors (Lipinski definition) is 0. The van der Waals surface area contributed by atoms with Gasteiger partial charge < -0.3 is 9.64 Å². The van der Waals surface area contributed by atoms with Gasteiger partial charge in [-0.15, -0.1) is 5.10 Å². The maximum atomic E-state index is 12.6. The minimum absolute atomic E-state index is 0.0515. The number of ether oxygens (including phenoxy) is 1. The summed E-state index contributed by atoms with van der Waals surface area (Å²) in [4.78, 5) is 19.0. The Bertz CT molecular complexity index is 570. The number of carbonyl (C=O) groups excluding carboxylic acids is 1. The Hall–Kier alpha value is -1.86. The molecule has 1 fully saturated rings. The van der Waals surface area contributed by atoms with Crippen LogP contribution in [0.5, 0.6) is 0 Å². The quantitative estimate of drug-likeness (QED) is 0.842. The summed E-state index contributed by atoms with van der Waals surface area (Å²) in [5.74, 6) is -0.0515. The third-order valence-corrected chi connectivity index (χ3v) is 4.06. The Kier molecular flexibility index (Phi) is 4.52. The summed E-state index contributed by atoms with van der Waals surface area (Å²) >= 11 is 1.12. The first kappa shape index (κ1) is 14.1. The Morgan fingerprint density at radius 1 is 1.48 bits per heavy atom. The van der Waals surface area contributed by atoms with Crippen LogP contribution in [0.2, 0.25) is 0 Å². The summed E-state index contributed by atoms with van der Waals surface area (Å²) in [6, 6.07) is 3.84. The van der Waals surface area contributed by atoms with Crippen LogP contribution in [0.4, 0.5) is 0 Å². The standard InChI is InChI=1S/C14H16N4O2S/c19-14(13-8-16-17-21-13)18(10-12-4-2-6-20-12)9-11-3-1-5-15-7-11/h1,3,5,7-8,12H,2,4,6,9-10H2. The predicted molar refractivity (Wildman–Crippen MR) is 77.9 cm³/mol. The molecule has 0 aromatic carbocycles. The predicted octanol–water partition coefficient (Wildman–Crippen LogP) is 1.75. The van der Waals surface area contributed by atoms with Crippen LogP contribution in [0.15, 0.2) is 30.7 Å². The average Bonchev–Trinajstić information content (AvgIpc) is 3.20. The van der Waals surface area contributed by atoms with Crippen LogP contribution >= 0.6 is 11.5 Å². The summed E-state index contributed by atoms with van der Waals surface area (Å²) < 4.78 is 9.42. The molecule has 0 spiro atoms. The first-order valence-electron chi connectivity index (χ1n) is 6.90. The van der Waals surface area contributed by atoms with Crippen LogP contribution in [0, 0.1) is 0 Å². The SMILES string of the molecule is O=C(c1cnns1)N(Cc1cccnc1)CC1CCCO1. The van der Waals surface area contributed by atoms with Crippen molar-refractivity contribution >= 4 is 17.4 Å². The van der Waals surface area contributed by atoms with Crippen molar-refractivity contribution in [1.29, 1.82) is 0 Å². The van der Waals surface area contributed by atoms with Gasteiger partial charge in [-0.3, -0.25) is 9.78 Å². The molecule has 1 aliphatic heterocycles. The third kappa shape index (κ3) is 3.62. The lowest BCUT2D eigenvalue weighted by Crippen LogP contribution is -2.36. The van der Waals surface area contributed by atoms with E-state index in [4.69, 9.17) is 4.74 Å². The second kappa shape index (κ2) is 6.73. The van der Waals surface area contributed by atoms with Crippen molar-refractivity contribution in [1.82, 2.24) is 19.5 Å². The molecule has 2 aromatic rings. The highest BCUT2D eigenvalue weighted by Gasteiger charge is 2.24. The molecule has 2 aromatic heterocycles. The minimum Gasteiger partial charge on any atom is -0.376 e. The maximum absolute atomic E-state index is 12.6. The molecule has 0 radical (unpaired) electrons. The van der Waals surface area contributed by atoms with Crippen molar-refractivity contribution in [3.8, 4) is 0 Å². The summed E-state index contributed by atoms with van der Waals surface area (Å²) in [6.07, 6.45) is 7.19. The second-order valence-corrected chi connectivity index (χ2v) is 5.75. The van der Waals surface area contributed by atoms with Gasteiger partial charge in [0.05, 0.1) is 12.3 Å². The van der Waals surface area contributed by atoms with Crippen molar-refractivity contribution in [2.75, 3.05) is 13.2 Å². The van der Waals surface area contributed by atoms with Crippen molar-refractivity contribution < 1.29 is 9.53 Å². The zero-order valence-corrected chi connectivity index (χ0v) is 12.3. The number of carbonyl (C=O) groups is 1. The number of pyridine rings is 1. The summed E-state index contributed by atoms with van der Waals surface area (Å²) in [6.45, 7) is 1.89. The molecule has 1 saturated heterocycles. The highest BCUT2D eigenvalue weighted by molar-refractivity contribution is 7.07. The van der Waals surface area contributed by atoms with Crippen LogP contribution in [0.3, 0.4) is 0 Å². The lowest BCUT2D eigenvalue weighted by atomic mass is 10.2. The maximum Gasteiger partial charge on any atom is 0.267 e. The van der Waals surface area contributed by atoms with Gasteiger partial charge in [-0.2, -0.15) is 0 Å². The summed E-state index contributed by atoms with van der Waals surface area (Å²) in [5.41, 5.74) is 1.00. The van der Waals surface area contributed by atoms with Crippen molar-refractivity contribution in [3.63, 3.8) is 0 Å². The summed E-state index contributed by atoms with van der Waals surface area (Å²) in [5, 5.41) is 3.74. The van der Waals surface area contributed by atoms with E-state index in [0.29, 0.717) is 18.0 Å². The van der Waals surface area contributed by atoms with Crippen molar-refractivity contribution in [3.05, 3.63) is 41.2 Å². The molecule has 7 heteroatoms. The van der Waals surface area contributed by atoms with Crippen molar-refractivity contribution in [2.45, 2.75) is 25.5 Å². The van der Waals surface area contributed by atoms with Crippen LogP contribution in [-0.4, -0.2) is 44.6 Å². The van der Waals surface area contributed by atoms with E-state index in [-0.39, 0.29) is 12.0 Å². The van der Waals surface area contributed by atoms with E-state index in [1.54, 1.807) is 17.3 Å². The van der Waals surface area contributed by atoms with Crippen molar-refractivity contribution in [2.24, 2.45) is 0 Å². The monoisotopic (exact) mass is 304 g/mol. The molecule has 3 heterocycles. The molecule has 21 heavy (non-hydrogen) atoms. The van der Waals surface area contributed by atoms with E-state index in [9.17, 15) is 4.79 Å². The molecule has 0 aliphatic carbocycles. The van der Waals surface area contributed by atoms with E-state index in [0.717, 1.165) is 36.5 Å². The number of amides is 1. The van der Waals surface area contributed by atoms with Gasteiger partial charge in [0.15, 0.2) is 0 Å². The van der Waals surface area contributed by atoms with Crippen LogP contribution in [0.1, 0.15) is 28.1 Å². The summed E-state index contributed by atoms with van der Waals surface area (Å²) in [7, 11) is 0. The smallest absolute Gasteiger partial charge is 0.267 e. The lowest BCUT2D eigenvalue weighted by Gasteiger charge is -2.24. The largest absolute Gasteiger partial charge is 0.376 e. The third-order valence-electron chi connectivity index (χ3n) is 3.40. The van der Waals surface area contributed by atoms with Crippen LogP contribution < -0.4 is 0 Å². The Morgan fingerprint density at radius 3 is 3.10 bits per heavy atom. The van der Waals surface area contributed by atoms with Gasteiger partial charge in [0.2, 0.25) is 0 Å². The molecule has 3 rings (SSSR count). The molecule has 0 N–H and O–H groups in total. The molecule has 1 amide bonds. The fourth-order valence-electron chi connectivity index (χ4n) is 2.38. The van der Waals surface area contributed by atoms with Crippen LogP contribution in [-0.2, 0) is 11.3 Å². The van der Waals surface area contributed by atoms with Gasteiger partial charge >= 0.3 is 0 Å². The Labute approximate surface area is 126 Å². The second-order valence-electron chi connectivity index (χ2n) is 4.96. The Morgan fingerprint density at radius 2 is 2.43 bits per heavy atom. The molecule has 1 atom stereocenters. The average molecular weight is 304 g/mol. The zero-order chi connectivity index (χ0) is 14.5. The number of hydrogen-bond acceptors (Lipinski definition) is 6. The van der Waals surface area contributed by atoms with E-state index >= 15 is 0 Å². The first-order valence-corrected chi connectivity index (χ1v) is 7.67. The van der Waals surface area contributed by atoms with Gasteiger partial charge in [-0.25, -0.2) is 0 Å². The van der Waals surface area contributed by atoms with E-state index < -0.39 is 0 Å². The van der Waals surface area contributed by atoms with Gasteiger partial charge in [-0.1, -0.05) is 10.6 Å². The molecule has 6 nitrogen and oxygen atoms in total. The zero-order valence-electron chi connectivity index (χ0n) is 11.5. The molecule has 0 bridgehead atoms. The topological polar surface area (TPSA) is 68.2 Å². The highest BCUT2D eigenvalue weighted by Crippen LogP contribution is 2.17. The first-order chi connectivity index (χ1) is 10.3. The fourth-order valence-corrected chi connectivity index (χ4v) is 2.87. The normalized spacial score (nSPS) is 17.8. The fraction of sp³-hybridized carbons (Fsp3) is 0.429. The molecular formula is C14H16N4O2S. The van der Waals surface area contributed by atoms with Gasteiger partial charge in [-0.05, 0) is 36.0 Å². The molecular weight excluding hydrogens is 288 g/mol. The molecule has 110 valence electrons. The van der Waals surface area contributed by atoms with Gasteiger partial charge in [0, 0.05) is 32.1 Å². The lowest BCUT2D eigenvalue weighted by molar-refractivity contribution is 0.0510. The number of nitrogens with zero attached hydrogens (tertiary/aromatic N) is 4. The van der Waals surface area contributed by atoms with Gasteiger partial charge in [0.25, 0.3) is 5.91 Å². The van der Waals surface area contributed by atoms with E-state index in [1.165, 1.54) is 6.20 Å². The van der Waals surface area contributed by atoms with E-state index in [2.05, 4.69) is 14.6 Å².